The normalized spacial score (nSPS) is 20.7. The molecule has 0 amide bonds. The first-order valence-corrected chi connectivity index (χ1v) is 6.40. The number of rotatable bonds is 4. The van der Waals surface area contributed by atoms with Gasteiger partial charge in [0.15, 0.2) is 0 Å². The molecule has 0 aliphatic carbocycles. The van der Waals surface area contributed by atoms with E-state index >= 15 is 0 Å². The van der Waals surface area contributed by atoms with Crippen LogP contribution in [0.3, 0.4) is 0 Å². The Bertz CT molecular complexity index is 395. The van der Waals surface area contributed by atoms with Crippen LogP contribution in [-0.4, -0.2) is 44.8 Å². The van der Waals surface area contributed by atoms with Gasteiger partial charge in [-0.05, 0) is 25.1 Å². The molecule has 0 radical (unpaired) electrons. The number of piperazine rings is 1. The lowest BCUT2D eigenvalue weighted by atomic mass is 10.1. The summed E-state index contributed by atoms with van der Waals surface area (Å²) in [5, 5.41) is 3.40. The van der Waals surface area contributed by atoms with Gasteiger partial charge >= 0.3 is 0 Å². The predicted octanol–water partition coefficient (Wildman–Crippen LogP) is 1.50. The minimum Gasteiger partial charge on any atom is -0.497 e. The largest absolute Gasteiger partial charge is 0.497 e. The Kier molecular flexibility index (Phi) is 4.44. The maximum Gasteiger partial charge on any atom is 0.123 e. The van der Waals surface area contributed by atoms with Gasteiger partial charge < -0.3 is 14.8 Å². The van der Waals surface area contributed by atoms with Crippen LogP contribution in [0.25, 0.3) is 0 Å². The van der Waals surface area contributed by atoms with Gasteiger partial charge in [0.05, 0.1) is 14.2 Å². The number of nitrogens with one attached hydrogen (secondary N) is 1. The van der Waals surface area contributed by atoms with E-state index in [1.54, 1.807) is 14.2 Å². The minimum atomic E-state index is 0.551. The number of hydrogen-bond donors (Lipinski definition) is 1. The SMILES string of the molecule is COc1ccc(OC)c(CN2CCNC[C@H]2C)c1. The van der Waals surface area contributed by atoms with Gasteiger partial charge in [0, 0.05) is 37.8 Å². The molecule has 0 spiro atoms. The molecule has 18 heavy (non-hydrogen) atoms. The fraction of sp³-hybridized carbons (Fsp3) is 0.571. The average Bonchev–Trinajstić information content (AvgIpc) is 2.41. The molecule has 0 saturated carbocycles. The summed E-state index contributed by atoms with van der Waals surface area (Å²) in [5.74, 6) is 1.81. The molecule has 1 saturated heterocycles. The van der Waals surface area contributed by atoms with Crippen LogP contribution < -0.4 is 14.8 Å². The van der Waals surface area contributed by atoms with E-state index in [0.29, 0.717) is 6.04 Å². The maximum atomic E-state index is 5.42. The fourth-order valence-corrected chi connectivity index (χ4v) is 2.34. The molecule has 1 atom stereocenters. The van der Waals surface area contributed by atoms with E-state index in [0.717, 1.165) is 37.7 Å². The van der Waals surface area contributed by atoms with Crippen LogP contribution >= 0.6 is 0 Å². The fourth-order valence-electron chi connectivity index (χ4n) is 2.34. The van der Waals surface area contributed by atoms with Crippen molar-refractivity contribution in [3.8, 4) is 11.5 Å². The first kappa shape index (κ1) is 13.2. The molecule has 0 aromatic heterocycles. The summed E-state index contributed by atoms with van der Waals surface area (Å²) in [4.78, 5) is 2.47. The van der Waals surface area contributed by atoms with Crippen LogP contribution in [0.4, 0.5) is 0 Å². The highest BCUT2D eigenvalue weighted by Crippen LogP contribution is 2.26. The maximum absolute atomic E-state index is 5.42. The second kappa shape index (κ2) is 6.07. The second-order valence-corrected chi connectivity index (χ2v) is 4.70. The predicted molar refractivity (Wildman–Crippen MR) is 72.3 cm³/mol. The summed E-state index contributed by atoms with van der Waals surface area (Å²) >= 11 is 0. The number of methoxy groups -OCH3 is 2. The number of benzene rings is 1. The zero-order valence-corrected chi connectivity index (χ0v) is 11.4. The quantitative estimate of drug-likeness (QED) is 0.878. The minimum absolute atomic E-state index is 0.551. The van der Waals surface area contributed by atoms with Crippen molar-refractivity contribution in [3.63, 3.8) is 0 Å². The zero-order valence-electron chi connectivity index (χ0n) is 11.4. The lowest BCUT2D eigenvalue weighted by molar-refractivity contribution is 0.164. The first-order valence-electron chi connectivity index (χ1n) is 6.40. The van der Waals surface area contributed by atoms with Crippen LogP contribution in [0.1, 0.15) is 12.5 Å². The van der Waals surface area contributed by atoms with E-state index < -0.39 is 0 Å². The number of nitrogens with zero attached hydrogens (tertiary/aromatic N) is 1. The monoisotopic (exact) mass is 250 g/mol. The van der Waals surface area contributed by atoms with Gasteiger partial charge in [-0.1, -0.05) is 0 Å². The van der Waals surface area contributed by atoms with E-state index in [4.69, 9.17) is 9.47 Å². The highest BCUT2D eigenvalue weighted by molar-refractivity contribution is 5.40. The van der Waals surface area contributed by atoms with Crippen LogP contribution in [0.5, 0.6) is 11.5 Å². The summed E-state index contributed by atoms with van der Waals surface area (Å²) in [6, 6.07) is 6.52. The third-order valence-corrected chi connectivity index (χ3v) is 3.50. The Morgan fingerprint density at radius 2 is 2.17 bits per heavy atom. The molecule has 1 heterocycles. The molecule has 100 valence electrons. The Hall–Kier alpha value is -1.26. The van der Waals surface area contributed by atoms with Crippen molar-refractivity contribution in [2.75, 3.05) is 33.9 Å². The topological polar surface area (TPSA) is 33.7 Å². The van der Waals surface area contributed by atoms with Gasteiger partial charge in [0.25, 0.3) is 0 Å². The number of ether oxygens (including phenoxy) is 2. The molecular weight excluding hydrogens is 228 g/mol. The van der Waals surface area contributed by atoms with E-state index in [-0.39, 0.29) is 0 Å². The lowest BCUT2D eigenvalue weighted by Crippen LogP contribution is -2.49. The molecule has 1 aliphatic heterocycles. The van der Waals surface area contributed by atoms with Gasteiger partial charge in [-0.2, -0.15) is 0 Å². The molecule has 1 aromatic rings. The third kappa shape index (κ3) is 2.94. The average molecular weight is 250 g/mol. The van der Waals surface area contributed by atoms with Gasteiger partial charge in [-0.15, -0.1) is 0 Å². The van der Waals surface area contributed by atoms with Gasteiger partial charge in [-0.25, -0.2) is 0 Å². The molecule has 1 N–H and O–H groups in total. The highest BCUT2D eigenvalue weighted by atomic mass is 16.5. The number of hydrogen-bond acceptors (Lipinski definition) is 4. The van der Waals surface area contributed by atoms with E-state index in [9.17, 15) is 0 Å². The van der Waals surface area contributed by atoms with Crippen molar-refractivity contribution in [1.29, 1.82) is 0 Å². The first-order chi connectivity index (χ1) is 8.74. The highest BCUT2D eigenvalue weighted by Gasteiger charge is 2.19. The van der Waals surface area contributed by atoms with Crippen molar-refractivity contribution >= 4 is 0 Å². The smallest absolute Gasteiger partial charge is 0.123 e. The zero-order chi connectivity index (χ0) is 13.0. The summed E-state index contributed by atoms with van der Waals surface area (Å²) in [6.07, 6.45) is 0. The molecule has 1 aromatic carbocycles. The van der Waals surface area contributed by atoms with Crippen molar-refractivity contribution < 1.29 is 9.47 Å². The Morgan fingerprint density at radius 1 is 1.33 bits per heavy atom. The second-order valence-electron chi connectivity index (χ2n) is 4.70. The molecule has 0 bridgehead atoms. The van der Waals surface area contributed by atoms with Crippen LogP contribution in [0.2, 0.25) is 0 Å². The van der Waals surface area contributed by atoms with Gasteiger partial charge in [-0.3, -0.25) is 4.90 Å². The van der Waals surface area contributed by atoms with Crippen LogP contribution in [0, 0.1) is 0 Å². The Morgan fingerprint density at radius 3 is 2.83 bits per heavy atom. The Balaban J connectivity index is 2.15. The molecule has 2 rings (SSSR count). The van der Waals surface area contributed by atoms with Gasteiger partial charge in [0.1, 0.15) is 11.5 Å². The summed E-state index contributed by atoms with van der Waals surface area (Å²) in [5.41, 5.74) is 1.19. The van der Waals surface area contributed by atoms with Crippen molar-refractivity contribution in [3.05, 3.63) is 23.8 Å². The van der Waals surface area contributed by atoms with Crippen molar-refractivity contribution in [1.82, 2.24) is 10.2 Å². The third-order valence-electron chi connectivity index (χ3n) is 3.50. The molecule has 1 aliphatic rings. The van der Waals surface area contributed by atoms with E-state index in [1.165, 1.54) is 5.56 Å². The molecular formula is C14H22N2O2. The summed E-state index contributed by atoms with van der Waals surface area (Å²) in [7, 11) is 3.41. The van der Waals surface area contributed by atoms with Crippen LogP contribution in [0.15, 0.2) is 18.2 Å². The van der Waals surface area contributed by atoms with E-state index in [1.807, 2.05) is 12.1 Å². The van der Waals surface area contributed by atoms with Crippen molar-refractivity contribution in [2.45, 2.75) is 19.5 Å². The lowest BCUT2D eigenvalue weighted by Gasteiger charge is -2.34. The standard InChI is InChI=1S/C14H22N2O2/c1-11-9-15-6-7-16(11)10-12-8-13(17-2)4-5-14(12)18-3/h4-5,8,11,15H,6-7,9-10H2,1-3H3/t11-/m1/s1. The van der Waals surface area contributed by atoms with Crippen molar-refractivity contribution in [2.24, 2.45) is 0 Å². The molecule has 1 fully saturated rings. The summed E-state index contributed by atoms with van der Waals surface area (Å²) < 4.78 is 10.7. The van der Waals surface area contributed by atoms with E-state index in [2.05, 4.69) is 23.2 Å². The summed E-state index contributed by atoms with van der Waals surface area (Å²) in [6.45, 7) is 6.33. The molecule has 4 nitrogen and oxygen atoms in total. The Labute approximate surface area is 109 Å². The van der Waals surface area contributed by atoms with Gasteiger partial charge in [0.2, 0.25) is 0 Å². The molecule has 0 unspecified atom stereocenters. The van der Waals surface area contributed by atoms with Crippen LogP contribution in [-0.2, 0) is 6.54 Å². The molecule has 4 heteroatoms.